The topological polar surface area (TPSA) is 55.8 Å². The van der Waals surface area contributed by atoms with Gasteiger partial charge in [0.2, 0.25) is 0 Å². The molecule has 0 spiro atoms. The molecule has 0 aromatic rings. The fourth-order valence-corrected chi connectivity index (χ4v) is 2.36. The molecule has 0 aromatic carbocycles. The lowest BCUT2D eigenvalue weighted by Crippen LogP contribution is -2.21. The zero-order chi connectivity index (χ0) is 19.1. The zero-order valence-corrected chi connectivity index (χ0v) is 16.6. The van der Waals surface area contributed by atoms with Crippen molar-refractivity contribution in [3.63, 3.8) is 0 Å². The van der Waals surface area contributed by atoms with E-state index in [1.807, 2.05) is 0 Å². The minimum atomic E-state index is -0.397. The van der Waals surface area contributed by atoms with Gasteiger partial charge < -0.3 is 14.4 Å². The first kappa shape index (κ1) is 23.2. The smallest absolute Gasteiger partial charge is 0.354 e. The van der Waals surface area contributed by atoms with Gasteiger partial charge in [-0.2, -0.15) is 0 Å². The van der Waals surface area contributed by atoms with E-state index < -0.39 is 5.97 Å². The van der Waals surface area contributed by atoms with Crippen molar-refractivity contribution in [1.82, 2.24) is 4.90 Å². The van der Waals surface area contributed by atoms with E-state index in [0.717, 1.165) is 12.8 Å². The Bertz CT molecular complexity index is 453. The van der Waals surface area contributed by atoms with E-state index in [9.17, 15) is 9.59 Å². The SMILES string of the molecule is CCCCCCCCC(=CC=C(C(=O)OCC)N(C)C)C(=O)OCC. The molecule has 0 radical (unpaired) electrons. The summed E-state index contributed by atoms with van der Waals surface area (Å²) < 4.78 is 10.2. The molecule has 25 heavy (non-hydrogen) atoms. The standard InChI is InChI=1S/C20H35NO4/c1-6-9-10-11-12-13-14-17(19(22)24-7-2)15-16-18(21(4)5)20(23)25-8-3/h15-16H,6-14H2,1-5H3. The molecule has 0 aliphatic heterocycles. The van der Waals surface area contributed by atoms with Gasteiger partial charge in [-0.15, -0.1) is 0 Å². The normalized spacial score (nSPS) is 12.0. The number of rotatable bonds is 13. The van der Waals surface area contributed by atoms with Crippen molar-refractivity contribution in [3.8, 4) is 0 Å². The Balaban J connectivity index is 4.98. The van der Waals surface area contributed by atoms with Crippen LogP contribution in [-0.4, -0.2) is 44.1 Å². The lowest BCUT2D eigenvalue weighted by atomic mass is 10.0. The van der Waals surface area contributed by atoms with Gasteiger partial charge in [0.25, 0.3) is 0 Å². The highest BCUT2D eigenvalue weighted by Crippen LogP contribution is 2.14. The number of carbonyl (C=O) groups is 2. The minimum absolute atomic E-state index is 0.311. The number of esters is 2. The minimum Gasteiger partial charge on any atom is -0.463 e. The molecule has 5 nitrogen and oxygen atoms in total. The van der Waals surface area contributed by atoms with Crippen LogP contribution in [0.2, 0.25) is 0 Å². The van der Waals surface area contributed by atoms with Crippen molar-refractivity contribution < 1.29 is 19.1 Å². The van der Waals surface area contributed by atoms with Gasteiger partial charge in [-0.25, -0.2) is 9.59 Å². The number of carbonyl (C=O) groups excluding carboxylic acids is 2. The lowest BCUT2D eigenvalue weighted by molar-refractivity contribution is -0.140. The van der Waals surface area contributed by atoms with Crippen LogP contribution in [0.4, 0.5) is 0 Å². The highest BCUT2D eigenvalue weighted by atomic mass is 16.5. The van der Waals surface area contributed by atoms with Crippen molar-refractivity contribution in [2.75, 3.05) is 27.3 Å². The molecular formula is C20H35NO4. The Morgan fingerprint density at radius 3 is 1.92 bits per heavy atom. The highest BCUT2D eigenvalue weighted by molar-refractivity contribution is 5.91. The number of likely N-dealkylation sites (N-methyl/N-ethyl adjacent to an activating group) is 1. The predicted molar refractivity (Wildman–Crippen MR) is 101 cm³/mol. The maximum Gasteiger partial charge on any atom is 0.354 e. The fraction of sp³-hybridized carbons (Fsp3) is 0.700. The van der Waals surface area contributed by atoms with Crippen LogP contribution < -0.4 is 0 Å². The van der Waals surface area contributed by atoms with Crippen LogP contribution in [0.15, 0.2) is 23.4 Å². The summed E-state index contributed by atoms with van der Waals surface area (Å²) in [4.78, 5) is 25.8. The molecule has 0 aromatic heterocycles. The molecule has 144 valence electrons. The summed E-state index contributed by atoms with van der Waals surface area (Å²) in [5.74, 6) is -0.708. The Labute approximate surface area is 153 Å². The number of hydrogen-bond donors (Lipinski definition) is 0. The Morgan fingerprint density at radius 1 is 0.800 bits per heavy atom. The lowest BCUT2D eigenvalue weighted by Gasteiger charge is -2.15. The molecular weight excluding hydrogens is 318 g/mol. The molecule has 0 heterocycles. The Hall–Kier alpha value is -1.78. The average molecular weight is 354 g/mol. The van der Waals surface area contributed by atoms with Gasteiger partial charge in [0, 0.05) is 19.7 Å². The number of allylic oxidation sites excluding steroid dienone is 2. The molecule has 0 saturated carbocycles. The van der Waals surface area contributed by atoms with Crippen LogP contribution in [-0.2, 0) is 19.1 Å². The van der Waals surface area contributed by atoms with Gasteiger partial charge in [0.15, 0.2) is 0 Å². The number of nitrogens with zero attached hydrogens (tertiary/aromatic N) is 1. The Kier molecular flexibility index (Phi) is 13.5. The van der Waals surface area contributed by atoms with E-state index in [-0.39, 0.29) is 5.97 Å². The molecule has 0 unspecified atom stereocenters. The molecule has 0 fully saturated rings. The molecule has 0 amide bonds. The van der Waals surface area contributed by atoms with Crippen LogP contribution in [0.5, 0.6) is 0 Å². The average Bonchev–Trinajstić information content (AvgIpc) is 2.56. The summed E-state index contributed by atoms with van der Waals surface area (Å²) >= 11 is 0. The number of hydrogen-bond acceptors (Lipinski definition) is 5. The third-order valence-corrected chi connectivity index (χ3v) is 3.75. The van der Waals surface area contributed by atoms with Gasteiger partial charge in [0.05, 0.1) is 13.2 Å². The van der Waals surface area contributed by atoms with Crippen LogP contribution >= 0.6 is 0 Å². The fourth-order valence-electron chi connectivity index (χ4n) is 2.36. The van der Waals surface area contributed by atoms with E-state index >= 15 is 0 Å². The monoisotopic (exact) mass is 353 g/mol. The van der Waals surface area contributed by atoms with Crippen LogP contribution in [0.25, 0.3) is 0 Å². The van der Waals surface area contributed by atoms with E-state index in [1.165, 1.54) is 25.7 Å². The maximum absolute atomic E-state index is 12.1. The maximum atomic E-state index is 12.1. The van der Waals surface area contributed by atoms with Gasteiger partial charge in [-0.05, 0) is 38.8 Å². The van der Waals surface area contributed by atoms with Crippen LogP contribution in [0.3, 0.4) is 0 Å². The van der Waals surface area contributed by atoms with Gasteiger partial charge in [-0.3, -0.25) is 0 Å². The first-order valence-corrected chi connectivity index (χ1v) is 9.40. The molecule has 5 heteroatoms. The summed E-state index contributed by atoms with van der Waals surface area (Å²) in [6.45, 7) is 6.41. The third-order valence-electron chi connectivity index (χ3n) is 3.75. The zero-order valence-electron chi connectivity index (χ0n) is 16.6. The van der Waals surface area contributed by atoms with E-state index in [0.29, 0.717) is 30.9 Å². The summed E-state index contributed by atoms with van der Waals surface area (Å²) in [5.41, 5.74) is 1.01. The predicted octanol–water partition coefficient (Wildman–Crippen LogP) is 4.24. The van der Waals surface area contributed by atoms with Crippen molar-refractivity contribution in [2.24, 2.45) is 0 Å². The molecule has 0 N–H and O–H groups in total. The number of unbranched alkanes of at least 4 members (excludes halogenated alkanes) is 5. The van der Waals surface area contributed by atoms with Crippen molar-refractivity contribution in [3.05, 3.63) is 23.4 Å². The molecule has 0 rings (SSSR count). The van der Waals surface area contributed by atoms with E-state index in [2.05, 4.69) is 6.92 Å². The van der Waals surface area contributed by atoms with Gasteiger partial charge in [-0.1, -0.05) is 39.0 Å². The molecule has 0 aliphatic carbocycles. The number of ether oxygens (including phenoxy) is 2. The van der Waals surface area contributed by atoms with E-state index in [1.54, 1.807) is 45.0 Å². The molecule has 0 saturated heterocycles. The summed E-state index contributed by atoms with van der Waals surface area (Å²) in [7, 11) is 3.54. The second-order valence-corrected chi connectivity index (χ2v) is 6.10. The first-order valence-electron chi connectivity index (χ1n) is 9.40. The van der Waals surface area contributed by atoms with Crippen molar-refractivity contribution in [2.45, 2.75) is 65.7 Å². The summed E-state index contributed by atoms with van der Waals surface area (Å²) in [6.07, 6.45) is 10.9. The van der Waals surface area contributed by atoms with E-state index in [4.69, 9.17) is 9.47 Å². The molecule has 0 aliphatic rings. The first-order chi connectivity index (χ1) is 12.0. The molecule has 0 atom stereocenters. The Morgan fingerprint density at radius 2 is 1.36 bits per heavy atom. The van der Waals surface area contributed by atoms with Crippen molar-refractivity contribution in [1.29, 1.82) is 0 Å². The van der Waals surface area contributed by atoms with Crippen molar-refractivity contribution >= 4 is 11.9 Å². The largest absolute Gasteiger partial charge is 0.463 e. The summed E-state index contributed by atoms with van der Waals surface area (Å²) in [5, 5.41) is 0. The van der Waals surface area contributed by atoms with Gasteiger partial charge in [0.1, 0.15) is 5.70 Å². The van der Waals surface area contributed by atoms with Crippen LogP contribution in [0.1, 0.15) is 65.7 Å². The summed E-state index contributed by atoms with van der Waals surface area (Å²) in [6, 6.07) is 0. The second-order valence-electron chi connectivity index (χ2n) is 6.10. The quantitative estimate of drug-likeness (QED) is 0.215. The second kappa shape index (κ2) is 14.6. The molecule has 0 bridgehead atoms. The van der Waals surface area contributed by atoms with Gasteiger partial charge >= 0.3 is 11.9 Å². The third kappa shape index (κ3) is 10.6. The highest BCUT2D eigenvalue weighted by Gasteiger charge is 2.14. The van der Waals surface area contributed by atoms with Crippen LogP contribution in [0, 0.1) is 0 Å².